The predicted molar refractivity (Wildman–Crippen MR) is 188 cm³/mol. The van der Waals surface area contributed by atoms with Crippen molar-refractivity contribution < 1.29 is 28.6 Å². The summed E-state index contributed by atoms with van der Waals surface area (Å²) in [6, 6.07) is 27.2. The first-order chi connectivity index (χ1) is 23.9. The quantitative estimate of drug-likeness (QED) is 0.108. The number of thioether (sulfide) groups is 1. The average molecular weight is 703 g/mol. The van der Waals surface area contributed by atoms with Crippen LogP contribution < -0.4 is 10.9 Å². The van der Waals surface area contributed by atoms with E-state index in [1.165, 1.54) is 28.6 Å². The highest BCUT2D eigenvalue weighted by Gasteiger charge is 2.55. The van der Waals surface area contributed by atoms with Gasteiger partial charge in [-0.3, -0.25) is 19.5 Å². The van der Waals surface area contributed by atoms with Crippen LogP contribution in [0, 0.1) is 0 Å². The summed E-state index contributed by atoms with van der Waals surface area (Å²) in [6.07, 6.45) is -0.734. The smallest absolute Gasteiger partial charge is 0.356 e. The van der Waals surface area contributed by atoms with Crippen molar-refractivity contribution in [3.8, 4) is 0 Å². The van der Waals surface area contributed by atoms with E-state index >= 15 is 0 Å². The largest absolute Gasteiger partial charge is 0.448 e. The van der Waals surface area contributed by atoms with E-state index in [0.29, 0.717) is 23.7 Å². The number of fused-ring (bicyclic) bond motifs is 1. The number of ether oxygens (including phenoxy) is 3. The van der Waals surface area contributed by atoms with Gasteiger partial charge in [0.2, 0.25) is 0 Å². The number of esters is 1. The molecule has 6 rings (SSSR count). The maximum atomic E-state index is 14.3. The molecule has 3 heterocycles. The maximum absolute atomic E-state index is 14.3. The van der Waals surface area contributed by atoms with Gasteiger partial charge in [0.15, 0.2) is 18.5 Å². The number of amides is 2. The Morgan fingerprint density at radius 2 is 1.61 bits per heavy atom. The number of hydrazine groups is 2. The van der Waals surface area contributed by atoms with E-state index < -0.39 is 47.7 Å². The number of benzene rings is 3. The van der Waals surface area contributed by atoms with E-state index in [4.69, 9.17) is 14.2 Å². The summed E-state index contributed by atoms with van der Waals surface area (Å²) < 4.78 is 19.5. The van der Waals surface area contributed by atoms with E-state index in [1.54, 1.807) is 34.9 Å². The van der Waals surface area contributed by atoms with Crippen LogP contribution in [0.25, 0.3) is 0 Å². The second kappa shape index (κ2) is 15.9. The van der Waals surface area contributed by atoms with Gasteiger partial charge < -0.3 is 19.5 Å². The number of hydrogen-bond donors (Lipinski definition) is 2. The summed E-state index contributed by atoms with van der Waals surface area (Å²) >= 11 is 2.87. The highest BCUT2D eigenvalue weighted by Crippen LogP contribution is 2.43. The highest BCUT2D eigenvalue weighted by molar-refractivity contribution is 8.00. The Hall–Kier alpha value is -4.34. The molecule has 3 aliphatic rings. The van der Waals surface area contributed by atoms with Gasteiger partial charge in [-0.25, -0.2) is 10.3 Å². The van der Waals surface area contributed by atoms with Gasteiger partial charge in [-0.05, 0) is 48.1 Å². The zero-order valence-corrected chi connectivity index (χ0v) is 28.9. The number of hydrazone groups is 1. The first kappa shape index (κ1) is 34.5. The number of β-lactam (4-membered cyclic amide) rings is 1. The lowest BCUT2D eigenvalue weighted by molar-refractivity contribution is -0.175. The number of rotatable bonds is 14. The second-order valence-electron chi connectivity index (χ2n) is 11.4. The molecule has 3 aromatic rings. The molecular formula is C35H38N6O6S2. The molecule has 49 heavy (non-hydrogen) atoms. The third-order valence-corrected chi connectivity index (χ3v) is 10.5. The molecule has 0 radical (unpaired) electrons. The Morgan fingerprint density at radius 1 is 1.00 bits per heavy atom. The molecule has 12 nitrogen and oxygen atoms in total. The fourth-order valence-corrected chi connectivity index (χ4v) is 8.00. The molecule has 1 saturated heterocycles. The molecule has 0 spiro atoms. The van der Waals surface area contributed by atoms with Gasteiger partial charge in [0.1, 0.15) is 23.5 Å². The van der Waals surface area contributed by atoms with Crippen molar-refractivity contribution in [2.75, 3.05) is 25.2 Å². The summed E-state index contributed by atoms with van der Waals surface area (Å²) in [4.78, 5) is 43.4. The van der Waals surface area contributed by atoms with Gasteiger partial charge in [0.25, 0.3) is 11.8 Å². The fourth-order valence-electron chi connectivity index (χ4n) is 5.68. The minimum atomic E-state index is -1.00. The topological polar surface area (TPSA) is 125 Å². The Balaban J connectivity index is 1.26. The molecule has 1 fully saturated rings. The third-order valence-electron chi connectivity index (χ3n) is 8.05. The number of nitrogens with zero attached hydrogens (tertiary/aromatic N) is 4. The minimum absolute atomic E-state index is 0.187. The van der Waals surface area contributed by atoms with E-state index in [9.17, 15) is 14.4 Å². The van der Waals surface area contributed by atoms with Crippen LogP contribution in [-0.2, 0) is 28.6 Å². The van der Waals surface area contributed by atoms with Crippen LogP contribution in [0.15, 0.2) is 107 Å². The lowest BCUT2D eigenvalue weighted by Gasteiger charge is -2.50. The van der Waals surface area contributed by atoms with Gasteiger partial charge >= 0.3 is 5.97 Å². The third kappa shape index (κ3) is 7.78. The van der Waals surface area contributed by atoms with Crippen LogP contribution >= 0.6 is 23.7 Å². The lowest BCUT2D eigenvalue weighted by atomic mass is 10.0. The van der Waals surface area contributed by atoms with E-state index in [-0.39, 0.29) is 5.70 Å². The summed E-state index contributed by atoms with van der Waals surface area (Å²) in [6.45, 7) is 3.98. The normalized spacial score (nSPS) is 20.0. The van der Waals surface area contributed by atoms with Crippen LogP contribution in [0.1, 0.15) is 42.7 Å². The average Bonchev–Trinajstić information content (AvgIpc) is 3.55. The van der Waals surface area contributed by atoms with E-state index in [0.717, 1.165) is 16.7 Å². The first-order valence-electron chi connectivity index (χ1n) is 15.9. The van der Waals surface area contributed by atoms with Crippen molar-refractivity contribution in [2.24, 2.45) is 5.10 Å². The molecule has 14 heteroatoms. The maximum Gasteiger partial charge on any atom is 0.356 e. The Morgan fingerprint density at radius 3 is 2.18 bits per heavy atom. The zero-order chi connectivity index (χ0) is 34.3. The SMILES string of the molecule is CCOC(C)OC(C(=O)NC1C(=O)N2C(C(=O)OC(c3ccccc3)c3ccccc3)=C(CSN3NN=CN3C)CS[C@H]12)c1ccccc1. The van der Waals surface area contributed by atoms with Gasteiger partial charge in [0, 0.05) is 25.2 Å². The predicted octanol–water partition coefficient (Wildman–Crippen LogP) is 4.37. The molecule has 0 aliphatic carbocycles. The number of hydrogen-bond acceptors (Lipinski definition) is 12. The molecule has 0 bridgehead atoms. The van der Waals surface area contributed by atoms with Gasteiger partial charge in [-0.15, -0.1) is 11.8 Å². The zero-order valence-electron chi connectivity index (χ0n) is 27.3. The number of nitrogens with one attached hydrogen (secondary N) is 2. The van der Waals surface area contributed by atoms with Crippen LogP contribution in [0.4, 0.5) is 0 Å². The summed E-state index contributed by atoms with van der Waals surface area (Å²) in [7, 11) is 1.84. The molecule has 2 N–H and O–H groups in total. The van der Waals surface area contributed by atoms with E-state index in [1.807, 2.05) is 92.8 Å². The van der Waals surface area contributed by atoms with Crippen molar-refractivity contribution in [3.05, 3.63) is 119 Å². The van der Waals surface area contributed by atoms with Crippen molar-refractivity contribution in [2.45, 2.75) is 43.8 Å². The van der Waals surface area contributed by atoms with Gasteiger partial charge in [-0.2, -0.15) is 5.10 Å². The number of carbonyl (C=O) groups is 3. The minimum Gasteiger partial charge on any atom is -0.448 e. The van der Waals surface area contributed by atoms with Crippen LogP contribution in [-0.4, -0.2) is 81.4 Å². The standard InChI is InChI=1S/C35H38N6O6S2/c1-4-45-23(2)46-31(26-18-12-7-13-19-26)32(42)37-28-33(43)40-29(27(20-48-34(28)40)21-49-41-38-36-22-39(41)3)35(44)47-30(24-14-8-5-9-15-24)25-16-10-6-11-17-25/h5-19,22-23,28,30-31,34,38H,4,20-21H2,1-3H3,(H,37,42)/t23?,28?,31?,34-/m1/s1. The van der Waals surface area contributed by atoms with Crippen molar-refractivity contribution in [1.29, 1.82) is 0 Å². The van der Waals surface area contributed by atoms with Crippen molar-refractivity contribution in [1.82, 2.24) is 25.3 Å². The van der Waals surface area contributed by atoms with Crippen molar-refractivity contribution >= 4 is 47.8 Å². The number of carbonyl (C=O) groups excluding carboxylic acids is 3. The Labute approximate surface area is 293 Å². The highest BCUT2D eigenvalue weighted by atomic mass is 32.2. The summed E-state index contributed by atoms with van der Waals surface area (Å²) in [5.41, 5.74) is 6.03. The Kier molecular flexibility index (Phi) is 11.2. The summed E-state index contributed by atoms with van der Waals surface area (Å²) in [5, 5.41) is 8.20. The Bertz CT molecular complexity index is 1640. The first-order valence-corrected chi connectivity index (χ1v) is 17.9. The molecule has 3 aromatic carbocycles. The molecule has 256 valence electrons. The summed E-state index contributed by atoms with van der Waals surface area (Å²) in [5.74, 6) is -0.668. The molecular weight excluding hydrogens is 665 g/mol. The van der Waals surface area contributed by atoms with Crippen molar-refractivity contribution in [3.63, 3.8) is 0 Å². The molecule has 3 aliphatic heterocycles. The molecule has 0 aromatic heterocycles. The van der Waals surface area contributed by atoms with E-state index in [2.05, 4.69) is 16.0 Å². The second-order valence-corrected chi connectivity index (χ2v) is 13.4. The van der Waals surface area contributed by atoms with Crippen LogP contribution in [0.2, 0.25) is 0 Å². The molecule has 4 atom stereocenters. The van der Waals surface area contributed by atoms with Gasteiger partial charge in [0.05, 0.1) is 0 Å². The molecule has 0 saturated carbocycles. The molecule has 2 amide bonds. The molecule has 3 unspecified atom stereocenters. The lowest BCUT2D eigenvalue weighted by Crippen LogP contribution is -2.71. The van der Waals surface area contributed by atoms with Crippen LogP contribution in [0.3, 0.4) is 0 Å². The van der Waals surface area contributed by atoms with Gasteiger partial charge in [-0.1, -0.05) is 95.5 Å². The monoisotopic (exact) mass is 702 g/mol. The fraction of sp³-hybridized carbons (Fsp3) is 0.314. The van der Waals surface area contributed by atoms with Crippen LogP contribution in [0.5, 0.6) is 0 Å².